The molecule has 110 valence electrons. The van der Waals surface area contributed by atoms with E-state index in [-0.39, 0.29) is 0 Å². The first-order chi connectivity index (χ1) is 9.34. The molecule has 1 aliphatic heterocycles. The van der Waals surface area contributed by atoms with Crippen molar-refractivity contribution in [3.05, 3.63) is 12.7 Å². The Bertz CT molecular complexity index is 501. The van der Waals surface area contributed by atoms with E-state index in [0.29, 0.717) is 16.0 Å². The van der Waals surface area contributed by atoms with E-state index in [1.807, 2.05) is 0 Å². The van der Waals surface area contributed by atoms with Gasteiger partial charge in [-0.05, 0) is 6.42 Å². The molecule has 0 saturated carbocycles. The second kappa shape index (κ2) is 5.10. The van der Waals surface area contributed by atoms with E-state index in [1.54, 1.807) is 6.92 Å². The molecular weight excluding hydrogens is 279 g/mol. The Kier molecular flexibility index (Phi) is 3.64. The lowest BCUT2D eigenvalue weighted by Gasteiger charge is -2.24. The van der Waals surface area contributed by atoms with Crippen LogP contribution in [-0.4, -0.2) is 50.4 Å². The van der Waals surface area contributed by atoms with Crippen molar-refractivity contribution < 1.29 is 22.8 Å². The molecular formula is C10H12F3N5O2. The fourth-order valence-corrected chi connectivity index (χ4v) is 1.91. The number of rotatable bonds is 4. The lowest BCUT2D eigenvalue weighted by atomic mass is 10.2. The van der Waals surface area contributed by atoms with Gasteiger partial charge in [0.25, 0.3) is 5.91 Å². The normalized spacial score (nSPS) is 21.2. The Morgan fingerprint density at radius 2 is 2.15 bits per heavy atom. The van der Waals surface area contributed by atoms with Crippen molar-refractivity contribution in [2.24, 2.45) is 0 Å². The first-order valence-corrected chi connectivity index (χ1v) is 5.87. The van der Waals surface area contributed by atoms with Crippen molar-refractivity contribution in [3.8, 4) is 0 Å². The summed E-state index contributed by atoms with van der Waals surface area (Å²) in [5.41, 5.74) is 0. The lowest BCUT2D eigenvalue weighted by molar-refractivity contribution is -0.173. The van der Waals surface area contributed by atoms with E-state index >= 15 is 0 Å². The molecule has 10 heteroatoms. The number of urea groups is 1. The maximum Gasteiger partial charge on any atom is 0.412 e. The molecule has 0 aromatic carbocycles. The van der Waals surface area contributed by atoms with E-state index < -0.39 is 36.7 Å². The molecule has 0 aliphatic carbocycles. The summed E-state index contributed by atoms with van der Waals surface area (Å²) in [5, 5.41) is 5.76. The van der Waals surface area contributed by atoms with Crippen LogP contribution in [0, 0.1) is 0 Å². The lowest BCUT2D eigenvalue weighted by Crippen LogP contribution is -2.42. The molecule has 7 nitrogen and oxygen atoms in total. The van der Waals surface area contributed by atoms with Gasteiger partial charge < -0.3 is 5.32 Å². The summed E-state index contributed by atoms with van der Waals surface area (Å²) in [7, 11) is 0. The quantitative estimate of drug-likeness (QED) is 0.829. The fraction of sp³-hybridized carbons (Fsp3) is 0.600. The van der Waals surface area contributed by atoms with Crippen LogP contribution in [0.3, 0.4) is 0 Å². The van der Waals surface area contributed by atoms with Gasteiger partial charge in [-0.25, -0.2) is 14.5 Å². The summed E-state index contributed by atoms with van der Waals surface area (Å²) >= 11 is 0. The zero-order chi connectivity index (χ0) is 14.9. The topological polar surface area (TPSA) is 80.1 Å². The summed E-state index contributed by atoms with van der Waals surface area (Å²) < 4.78 is 39.6. The van der Waals surface area contributed by atoms with Gasteiger partial charge >= 0.3 is 12.2 Å². The largest absolute Gasteiger partial charge is 0.412 e. The van der Waals surface area contributed by atoms with Crippen LogP contribution < -0.4 is 5.32 Å². The number of alkyl halides is 3. The summed E-state index contributed by atoms with van der Waals surface area (Å²) in [6, 6.07) is -3.71. The Hall–Kier alpha value is -2.13. The molecule has 1 aromatic rings. The molecule has 0 spiro atoms. The highest BCUT2D eigenvalue weighted by Crippen LogP contribution is 2.31. The zero-order valence-corrected chi connectivity index (χ0v) is 10.5. The van der Waals surface area contributed by atoms with Gasteiger partial charge in [0, 0.05) is 0 Å². The van der Waals surface area contributed by atoms with Crippen LogP contribution in [0.25, 0.3) is 0 Å². The summed E-state index contributed by atoms with van der Waals surface area (Å²) in [4.78, 5) is 27.4. The highest BCUT2D eigenvalue weighted by molar-refractivity contribution is 6.04. The van der Waals surface area contributed by atoms with Crippen molar-refractivity contribution in [2.75, 3.05) is 6.54 Å². The molecule has 20 heavy (non-hydrogen) atoms. The van der Waals surface area contributed by atoms with Crippen LogP contribution in [0.1, 0.15) is 19.4 Å². The van der Waals surface area contributed by atoms with Crippen LogP contribution in [0.2, 0.25) is 0 Å². The van der Waals surface area contributed by atoms with Crippen LogP contribution in [0.15, 0.2) is 12.7 Å². The molecule has 2 unspecified atom stereocenters. The molecule has 1 N–H and O–H groups in total. The van der Waals surface area contributed by atoms with Gasteiger partial charge in [-0.3, -0.25) is 9.69 Å². The first-order valence-electron chi connectivity index (χ1n) is 5.87. The summed E-state index contributed by atoms with van der Waals surface area (Å²) in [6.45, 7) is 0.832. The van der Waals surface area contributed by atoms with Gasteiger partial charge in [0.05, 0.1) is 6.54 Å². The van der Waals surface area contributed by atoms with Crippen LogP contribution in [0.5, 0.6) is 0 Å². The second-order valence-electron chi connectivity index (χ2n) is 4.29. The highest BCUT2D eigenvalue weighted by Gasteiger charge is 2.47. The summed E-state index contributed by atoms with van der Waals surface area (Å²) in [5.74, 6) is -0.660. The number of carbonyl (C=O) groups is 2. The number of nitrogens with zero attached hydrogens (tertiary/aromatic N) is 4. The number of amides is 3. The third kappa shape index (κ3) is 2.58. The zero-order valence-electron chi connectivity index (χ0n) is 10.5. The van der Waals surface area contributed by atoms with Crippen LogP contribution >= 0.6 is 0 Å². The fourth-order valence-electron chi connectivity index (χ4n) is 1.91. The number of hydrogen-bond acceptors (Lipinski definition) is 4. The Balaban J connectivity index is 2.21. The van der Waals surface area contributed by atoms with Gasteiger partial charge in [-0.1, -0.05) is 6.92 Å². The molecule has 1 saturated heterocycles. The molecule has 2 rings (SSSR count). The number of imide groups is 1. The molecule has 0 radical (unpaired) electrons. The molecule has 3 amide bonds. The second-order valence-corrected chi connectivity index (χ2v) is 4.29. The van der Waals surface area contributed by atoms with E-state index in [9.17, 15) is 22.8 Å². The van der Waals surface area contributed by atoms with Gasteiger partial charge in [-0.2, -0.15) is 18.3 Å². The van der Waals surface area contributed by atoms with E-state index in [4.69, 9.17) is 0 Å². The maximum atomic E-state index is 13.0. The smallest absolute Gasteiger partial charge is 0.326 e. The summed E-state index contributed by atoms with van der Waals surface area (Å²) in [6.07, 6.45) is -2.48. The maximum absolute atomic E-state index is 13.0. The Morgan fingerprint density at radius 3 is 2.60 bits per heavy atom. The van der Waals surface area contributed by atoms with Crippen molar-refractivity contribution in [1.82, 2.24) is 25.0 Å². The standard InChI is InChI=1S/C10H12F3N5O2/c1-2-6-8(19)17(9(20)16-6)3-7(10(11,12)13)18-5-14-4-15-18/h4-7H,2-3H2,1H3,(H,16,20). The van der Waals surface area contributed by atoms with Crippen molar-refractivity contribution in [3.63, 3.8) is 0 Å². The SMILES string of the molecule is CCC1NC(=O)N(CC(n2cncn2)C(F)(F)F)C1=O. The number of halogens is 3. The molecule has 1 aliphatic rings. The van der Waals surface area contributed by atoms with E-state index in [1.165, 1.54) is 0 Å². The minimum atomic E-state index is -4.65. The number of hydrogen-bond donors (Lipinski definition) is 1. The number of carbonyl (C=O) groups excluding carboxylic acids is 2. The van der Waals surface area contributed by atoms with Crippen molar-refractivity contribution >= 4 is 11.9 Å². The van der Waals surface area contributed by atoms with Gasteiger partial charge in [-0.15, -0.1) is 0 Å². The third-order valence-electron chi connectivity index (χ3n) is 3.00. The van der Waals surface area contributed by atoms with Gasteiger partial charge in [0.15, 0.2) is 6.04 Å². The number of nitrogens with one attached hydrogen (secondary N) is 1. The van der Waals surface area contributed by atoms with Gasteiger partial charge in [0.1, 0.15) is 18.7 Å². The Labute approximate surface area is 111 Å². The minimum absolute atomic E-state index is 0.321. The van der Waals surface area contributed by atoms with Crippen molar-refractivity contribution in [1.29, 1.82) is 0 Å². The average Bonchev–Trinajstić information content (AvgIpc) is 2.95. The molecule has 1 aromatic heterocycles. The molecule has 0 bridgehead atoms. The monoisotopic (exact) mass is 291 g/mol. The minimum Gasteiger partial charge on any atom is -0.326 e. The first kappa shape index (κ1) is 14.3. The van der Waals surface area contributed by atoms with Crippen molar-refractivity contribution in [2.45, 2.75) is 31.6 Å². The van der Waals surface area contributed by atoms with E-state index in [0.717, 1.165) is 12.7 Å². The average molecular weight is 291 g/mol. The number of aromatic nitrogens is 3. The van der Waals surface area contributed by atoms with Gasteiger partial charge in [0.2, 0.25) is 0 Å². The van der Waals surface area contributed by atoms with E-state index in [2.05, 4.69) is 15.4 Å². The predicted molar refractivity (Wildman–Crippen MR) is 59.4 cm³/mol. The molecule has 1 fully saturated rings. The third-order valence-corrected chi connectivity index (χ3v) is 3.00. The highest BCUT2D eigenvalue weighted by atomic mass is 19.4. The van der Waals surface area contributed by atoms with Crippen LogP contribution in [0.4, 0.5) is 18.0 Å². The predicted octanol–water partition coefficient (Wildman–Crippen LogP) is 0.712. The molecule has 2 heterocycles. The molecule has 2 atom stereocenters. The Morgan fingerprint density at radius 1 is 1.45 bits per heavy atom. The van der Waals surface area contributed by atoms with Crippen LogP contribution in [-0.2, 0) is 4.79 Å².